The number of pyridine rings is 2. The summed E-state index contributed by atoms with van der Waals surface area (Å²) >= 11 is 2.23. The van der Waals surface area contributed by atoms with E-state index < -0.39 is 29.2 Å². The molecule has 498 valence electrons. The van der Waals surface area contributed by atoms with Gasteiger partial charge in [-0.2, -0.15) is 13.7 Å². The van der Waals surface area contributed by atoms with Gasteiger partial charge in [0.15, 0.2) is 30.7 Å². The number of nitrogens with one attached hydrogen (secondary N) is 1. The van der Waals surface area contributed by atoms with Crippen LogP contribution in [0.25, 0.3) is 67.4 Å². The molecule has 0 amide bonds. The quantitative estimate of drug-likeness (QED) is 0.0319. The Labute approximate surface area is 576 Å². The van der Waals surface area contributed by atoms with Crippen LogP contribution in [0.5, 0.6) is 0 Å². The van der Waals surface area contributed by atoms with Crippen LogP contribution in [0.3, 0.4) is 0 Å². The van der Waals surface area contributed by atoms with Crippen molar-refractivity contribution in [1.29, 1.82) is 0 Å². The molecule has 97 heavy (non-hydrogen) atoms. The van der Waals surface area contributed by atoms with Gasteiger partial charge in [0.1, 0.15) is 0 Å². The van der Waals surface area contributed by atoms with Crippen molar-refractivity contribution in [3.8, 4) is 22.3 Å². The Bertz CT molecular complexity index is 4650. The fourth-order valence-electron chi connectivity index (χ4n) is 10.0. The van der Waals surface area contributed by atoms with E-state index in [-0.39, 0.29) is 0 Å². The van der Waals surface area contributed by atoms with E-state index in [1.54, 1.807) is 47.0 Å². The molecular weight excluding hydrogens is 1300 g/mol. The average Bonchev–Trinajstić information content (AvgIpc) is 1.22. The van der Waals surface area contributed by atoms with Crippen molar-refractivity contribution < 1.29 is 49.3 Å². The molecule has 20 heteroatoms. The van der Waals surface area contributed by atoms with Crippen molar-refractivity contribution in [2.24, 2.45) is 0 Å². The van der Waals surface area contributed by atoms with Crippen LogP contribution in [0.1, 0.15) is 103 Å². The minimum atomic E-state index is -3.38. The van der Waals surface area contributed by atoms with Gasteiger partial charge in [-0.05, 0) is 183 Å². The van der Waals surface area contributed by atoms with Crippen molar-refractivity contribution in [1.82, 2.24) is 25.3 Å². The molecule has 0 fully saturated rings. The second-order valence-corrected chi connectivity index (χ2v) is 30.4. The highest BCUT2D eigenvalue weighted by molar-refractivity contribution is 7.94. The number of sulfone groups is 2. The maximum atomic E-state index is 12.7. The summed E-state index contributed by atoms with van der Waals surface area (Å²) in [6.07, 6.45) is 11.2. The number of aromatic nitrogens is 6. The van der Waals surface area contributed by atoms with E-state index in [9.17, 15) is 16.8 Å². The summed E-state index contributed by atoms with van der Waals surface area (Å²) in [7, 11) is -3.85. The molecule has 1 N–H and O–H groups in total. The molecule has 0 aliphatic rings. The Morgan fingerprint density at radius 1 is 0.526 bits per heavy atom. The van der Waals surface area contributed by atoms with Gasteiger partial charge in [-0.15, -0.1) is 0 Å². The lowest BCUT2D eigenvalue weighted by Crippen LogP contribution is -2.28. The minimum Gasteiger partial charge on any atom is -0.334 e. The molecule has 0 bridgehead atoms. The van der Waals surface area contributed by atoms with E-state index in [2.05, 4.69) is 96.3 Å². The summed E-state index contributed by atoms with van der Waals surface area (Å²) in [4.78, 5) is 28.1. The van der Waals surface area contributed by atoms with E-state index in [0.29, 0.717) is 34.6 Å². The van der Waals surface area contributed by atoms with E-state index in [4.69, 9.17) is 17.7 Å². The van der Waals surface area contributed by atoms with Crippen LogP contribution in [0.2, 0.25) is 0 Å². The number of nitrogens with zero attached hydrogens (tertiary/aromatic N) is 5. The molecule has 0 aliphatic carbocycles. The summed E-state index contributed by atoms with van der Waals surface area (Å²) in [6.45, 7) is 14.8. The second kappa shape index (κ2) is 32.7. The van der Waals surface area contributed by atoms with Gasteiger partial charge in [0, 0.05) is 69.1 Å². The summed E-state index contributed by atoms with van der Waals surface area (Å²) < 4.78 is 69.7. The number of H-pyrrole nitrogens is 1. The first-order chi connectivity index (χ1) is 46.5. The maximum absolute atomic E-state index is 12.7. The summed E-state index contributed by atoms with van der Waals surface area (Å²) in [5.74, 6) is 2.10. The topological polar surface area (TPSA) is 210 Å². The Balaban J connectivity index is 0.000000186. The minimum absolute atomic E-state index is 0.394. The average molecular weight is 1370 g/mol. The van der Waals surface area contributed by atoms with E-state index in [1.165, 1.54) is 37.9 Å². The highest BCUT2D eigenvalue weighted by Crippen LogP contribution is 2.40. The molecule has 16 nitrogen and oxygen atoms in total. The lowest BCUT2D eigenvalue weighted by Gasteiger charge is -2.24. The molecule has 0 aliphatic heterocycles. The fraction of sp³-hybridized carbons (Fsp3) is 0.195. The number of hydrogen-bond donors (Lipinski definition) is 0. The van der Waals surface area contributed by atoms with Crippen LogP contribution < -0.4 is 4.98 Å². The first-order valence-corrected chi connectivity index (χ1v) is 36.2. The van der Waals surface area contributed by atoms with Crippen molar-refractivity contribution in [3.05, 3.63) is 287 Å². The Hall–Kier alpha value is -9.22. The van der Waals surface area contributed by atoms with E-state index in [0.717, 1.165) is 118 Å². The molecule has 0 unspecified atom stereocenters. The predicted octanol–water partition coefficient (Wildman–Crippen LogP) is 17.8. The van der Waals surface area contributed by atoms with Gasteiger partial charge in [0.05, 0.1) is 64.4 Å². The number of aromatic amines is 1. The molecule has 4 aromatic heterocycles. The van der Waals surface area contributed by atoms with Crippen molar-refractivity contribution in [2.75, 3.05) is 26.7 Å². The third kappa shape index (κ3) is 18.7. The van der Waals surface area contributed by atoms with Gasteiger partial charge in [0.25, 0.3) is 5.89 Å². The van der Waals surface area contributed by atoms with Crippen LogP contribution in [-0.4, -0.2) is 68.8 Å². The summed E-state index contributed by atoms with van der Waals surface area (Å²) in [5, 5.41) is 9.78. The Morgan fingerprint density at radius 2 is 0.990 bits per heavy atom. The third-order valence-electron chi connectivity index (χ3n) is 16.2. The summed E-state index contributed by atoms with van der Waals surface area (Å²) in [6, 6.07) is 67.6. The SMILES string of the molecule is CCc1ccccc1.COOSc1ccc(/C(=C\c2cccc(-c3cc(C(C)(C)S(C)(=O)=O)cc4cccnc34)c2)c2[nH+]c(C)no2)cc1.COOSc1ccc(/C(=C\c2cccc(-c3cc(C(C)(C)S(C)(=O)=O)cc4cccnc34)c2)c2nc(C)no2)cc1.Cc1ccccc1. The van der Waals surface area contributed by atoms with Gasteiger partial charge in [-0.3, -0.25) is 9.97 Å². The molecular formula is C77H77N6O10S4+. The molecule has 12 aromatic rings. The van der Waals surface area contributed by atoms with Gasteiger partial charge in [-0.1, -0.05) is 151 Å². The standard InChI is InChI=1S/2C31H29N3O5S2.C8H10.C7H8/c2*1-20-33-30(38-34-20)28(22-11-13-26(14-12-22)40-39-37-4)17-21-8-6-9-23(16-21)27-19-25(31(2,3)41(5,35)36)18-24-10-7-15-32-29(24)27;1-2-8-6-4-3-5-7-8;1-7-5-3-2-4-6-7/h2*6-19H,1-5H3;3-7H,2H2,1H3;2-6H,1H3/p+1/b2*28-17+;;. The zero-order valence-electron chi connectivity index (χ0n) is 56.1. The molecule has 4 heterocycles. The normalized spacial score (nSPS) is 12.1. The number of rotatable bonds is 19. The monoisotopic (exact) mass is 1370 g/mol. The van der Waals surface area contributed by atoms with Crippen molar-refractivity contribution in [2.45, 2.75) is 81.1 Å². The molecule has 0 radical (unpaired) electrons. The van der Waals surface area contributed by atoms with Crippen molar-refractivity contribution in [3.63, 3.8) is 0 Å². The largest absolute Gasteiger partial charge is 0.346 e. The van der Waals surface area contributed by atoms with Crippen LogP contribution >= 0.6 is 24.1 Å². The van der Waals surface area contributed by atoms with Gasteiger partial charge in [0.2, 0.25) is 0 Å². The first kappa shape index (κ1) is 72.1. The highest BCUT2D eigenvalue weighted by Gasteiger charge is 2.35. The number of benzene rings is 8. The van der Waals surface area contributed by atoms with Gasteiger partial charge in [-0.25, -0.2) is 36.1 Å². The zero-order valence-corrected chi connectivity index (χ0v) is 59.4. The van der Waals surface area contributed by atoms with Crippen LogP contribution in [0.15, 0.2) is 237 Å². The number of fused-ring (bicyclic) bond motifs is 2. The van der Waals surface area contributed by atoms with Crippen molar-refractivity contribution >= 4 is 88.9 Å². The van der Waals surface area contributed by atoms with Crippen LogP contribution in [-0.2, 0) is 54.0 Å². The second-order valence-electron chi connectivity index (χ2n) is 23.7. The van der Waals surface area contributed by atoms with Crippen LogP contribution in [0.4, 0.5) is 0 Å². The third-order valence-corrected chi connectivity index (χ3v) is 21.7. The summed E-state index contributed by atoms with van der Waals surface area (Å²) in [5.41, 5.74) is 14.4. The lowest BCUT2D eigenvalue weighted by molar-refractivity contribution is -0.397. The highest BCUT2D eigenvalue weighted by atomic mass is 32.2. The molecule has 0 spiro atoms. The predicted molar refractivity (Wildman–Crippen MR) is 389 cm³/mol. The Morgan fingerprint density at radius 3 is 1.38 bits per heavy atom. The number of aryl methyl sites for hydroxylation is 4. The molecule has 0 atom stereocenters. The molecule has 8 aromatic carbocycles. The maximum Gasteiger partial charge on any atom is 0.346 e. The lowest BCUT2D eigenvalue weighted by atomic mass is 9.92. The molecule has 12 rings (SSSR count). The fourth-order valence-corrected chi connectivity index (χ4v) is 11.9. The molecule has 0 saturated heterocycles. The molecule has 0 saturated carbocycles. The zero-order chi connectivity index (χ0) is 69.3. The van der Waals surface area contributed by atoms with Gasteiger partial charge >= 0.3 is 11.7 Å². The van der Waals surface area contributed by atoms with Crippen LogP contribution in [0, 0.1) is 20.8 Å². The Kier molecular flexibility index (Phi) is 24.3. The number of hydrogen-bond acceptors (Lipinski definition) is 17. The smallest absolute Gasteiger partial charge is 0.334 e. The van der Waals surface area contributed by atoms with E-state index in [1.807, 2.05) is 183 Å². The van der Waals surface area contributed by atoms with E-state index >= 15 is 0 Å². The van der Waals surface area contributed by atoms with Gasteiger partial charge < -0.3 is 4.52 Å². The first-order valence-electron chi connectivity index (χ1n) is 31.0.